The van der Waals surface area contributed by atoms with Crippen molar-refractivity contribution in [2.24, 2.45) is 0 Å². The molecule has 1 N–H and O–H groups in total. The second-order valence-corrected chi connectivity index (χ2v) is 4.64. The number of hydrogen-bond donors (Lipinski definition) is 1. The maximum Gasteiger partial charge on any atom is 0.173 e. The SMILES string of the molecule is CN(Cc1ccccc1)C(=S)Nc1ccccc1F. The van der Waals surface area contributed by atoms with Crippen molar-refractivity contribution in [1.29, 1.82) is 0 Å². The molecule has 0 saturated carbocycles. The van der Waals surface area contributed by atoms with Gasteiger partial charge in [0.15, 0.2) is 5.11 Å². The number of thiocarbonyl (C=S) groups is 1. The van der Waals surface area contributed by atoms with E-state index in [9.17, 15) is 4.39 Å². The molecule has 0 unspecified atom stereocenters. The van der Waals surface area contributed by atoms with Gasteiger partial charge in [-0.15, -0.1) is 0 Å². The third-order valence-electron chi connectivity index (χ3n) is 2.72. The molecule has 2 rings (SSSR count). The maximum absolute atomic E-state index is 13.5. The number of halogens is 1. The predicted octanol–water partition coefficient (Wildman–Crippen LogP) is 3.65. The highest BCUT2D eigenvalue weighted by molar-refractivity contribution is 7.80. The topological polar surface area (TPSA) is 15.3 Å². The first-order valence-corrected chi connectivity index (χ1v) is 6.38. The van der Waals surface area contributed by atoms with Gasteiger partial charge >= 0.3 is 0 Å². The standard InChI is InChI=1S/C15H15FN2S/c1-18(11-12-7-3-2-4-8-12)15(19)17-14-10-6-5-9-13(14)16/h2-10H,11H2,1H3,(H,17,19). The van der Waals surface area contributed by atoms with Gasteiger partial charge in [0.05, 0.1) is 5.69 Å². The van der Waals surface area contributed by atoms with Crippen LogP contribution in [0.2, 0.25) is 0 Å². The van der Waals surface area contributed by atoms with Gasteiger partial charge in [-0.25, -0.2) is 4.39 Å². The number of para-hydroxylation sites is 1. The number of hydrogen-bond acceptors (Lipinski definition) is 1. The first kappa shape index (κ1) is 13.5. The van der Waals surface area contributed by atoms with E-state index in [1.807, 2.05) is 42.3 Å². The summed E-state index contributed by atoms with van der Waals surface area (Å²) < 4.78 is 13.5. The van der Waals surface area contributed by atoms with Crippen LogP contribution in [0.3, 0.4) is 0 Å². The van der Waals surface area contributed by atoms with E-state index in [4.69, 9.17) is 12.2 Å². The second kappa shape index (κ2) is 6.29. The number of anilines is 1. The normalized spacial score (nSPS) is 10.0. The fourth-order valence-corrected chi connectivity index (χ4v) is 1.88. The molecule has 0 radical (unpaired) electrons. The van der Waals surface area contributed by atoms with Crippen molar-refractivity contribution in [2.45, 2.75) is 6.54 Å². The molecular weight excluding hydrogens is 259 g/mol. The average Bonchev–Trinajstić information content (AvgIpc) is 2.42. The van der Waals surface area contributed by atoms with Crippen LogP contribution in [0.15, 0.2) is 54.6 Å². The Hall–Kier alpha value is -1.94. The molecular formula is C15H15FN2S. The van der Waals surface area contributed by atoms with Gasteiger partial charge in [-0.05, 0) is 29.9 Å². The summed E-state index contributed by atoms with van der Waals surface area (Å²) in [5.41, 5.74) is 1.55. The summed E-state index contributed by atoms with van der Waals surface area (Å²) >= 11 is 5.27. The Kier molecular flexibility index (Phi) is 4.47. The zero-order valence-electron chi connectivity index (χ0n) is 10.6. The van der Waals surface area contributed by atoms with Crippen molar-refractivity contribution in [3.63, 3.8) is 0 Å². The summed E-state index contributed by atoms with van der Waals surface area (Å²) in [6.07, 6.45) is 0. The Morgan fingerprint density at radius 1 is 1.11 bits per heavy atom. The Balaban J connectivity index is 1.99. The van der Waals surface area contributed by atoms with Crippen LogP contribution in [-0.2, 0) is 6.54 Å². The van der Waals surface area contributed by atoms with Crippen molar-refractivity contribution in [3.05, 3.63) is 66.0 Å². The van der Waals surface area contributed by atoms with E-state index in [2.05, 4.69) is 5.32 Å². The van der Waals surface area contributed by atoms with E-state index in [1.54, 1.807) is 18.2 Å². The van der Waals surface area contributed by atoms with E-state index in [0.717, 1.165) is 5.56 Å². The van der Waals surface area contributed by atoms with Crippen LogP contribution in [0.1, 0.15) is 5.56 Å². The first-order chi connectivity index (χ1) is 9.16. The zero-order chi connectivity index (χ0) is 13.7. The molecule has 0 aliphatic rings. The highest BCUT2D eigenvalue weighted by Gasteiger charge is 2.07. The lowest BCUT2D eigenvalue weighted by molar-refractivity contribution is 0.508. The third-order valence-corrected chi connectivity index (χ3v) is 3.14. The number of nitrogens with zero attached hydrogens (tertiary/aromatic N) is 1. The molecule has 98 valence electrons. The number of benzene rings is 2. The quantitative estimate of drug-likeness (QED) is 0.860. The molecule has 0 aliphatic carbocycles. The average molecular weight is 274 g/mol. The van der Waals surface area contributed by atoms with Gasteiger partial charge in [-0.3, -0.25) is 0 Å². The predicted molar refractivity (Wildman–Crippen MR) is 80.5 cm³/mol. The van der Waals surface area contributed by atoms with E-state index in [-0.39, 0.29) is 5.82 Å². The van der Waals surface area contributed by atoms with Crippen LogP contribution in [0.4, 0.5) is 10.1 Å². The number of nitrogens with one attached hydrogen (secondary N) is 1. The third kappa shape index (κ3) is 3.76. The molecule has 0 aromatic heterocycles. The first-order valence-electron chi connectivity index (χ1n) is 5.97. The minimum atomic E-state index is -0.307. The zero-order valence-corrected chi connectivity index (χ0v) is 11.5. The number of rotatable bonds is 3. The monoisotopic (exact) mass is 274 g/mol. The summed E-state index contributed by atoms with van der Waals surface area (Å²) in [7, 11) is 1.88. The molecule has 0 amide bonds. The van der Waals surface area contributed by atoms with Crippen molar-refractivity contribution < 1.29 is 4.39 Å². The molecule has 0 heterocycles. The van der Waals surface area contributed by atoms with Gasteiger partial charge in [0, 0.05) is 13.6 Å². The Bertz CT molecular complexity index is 557. The summed E-state index contributed by atoms with van der Waals surface area (Å²) in [6.45, 7) is 0.682. The van der Waals surface area contributed by atoms with E-state index < -0.39 is 0 Å². The minimum absolute atomic E-state index is 0.307. The van der Waals surface area contributed by atoms with Crippen LogP contribution in [0, 0.1) is 5.82 Å². The van der Waals surface area contributed by atoms with Gasteiger partial charge in [0.1, 0.15) is 5.82 Å². The van der Waals surface area contributed by atoms with E-state index in [0.29, 0.717) is 17.3 Å². The summed E-state index contributed by atoms with van der Waals surface area (Å²) in [5.74, 6) is -0.307. The molecule has 0 aliphatic heterocycles. The van der Waals surface area contributed by atoms with E-state index >= 15 is 0 Å². The van der Waals surface area contributed by atoms with Crippen molar-refractivity contribution >= 4 is 23.0 Å². The molecule has 2 aromatic rings. The summed E-state index contributed by atoms with van der Waals surface area (Å²) in [4.78, 5) is 1.87. The minimum Gasteiger partial charge on any atom is -0.348 e. The Morgan fingerprint density at radius 2 is 1.74 bits per heavy atom. The summed E-state index contributed by atoms with van der Waals surface area (Å²) in [6, 6.07) is 16.5. The summed E-state index contributed by atoms with van der Waals surface area (Å²) in [5, 5.41) is 3.41. The lowest BCUT2D eigenvalue weighted by atomic mass is 10.2. The van der Waals surface area contributed by atoms with Gasteiger partial charge in [0.2, 0.25) is 0 Å². The molecule has 4 heteroatoms. The lowest BCUT2D eigenvalue weighted by Crippen LogP contribution is -2.30. The smallest absolute Gasteiger partial charge is 0.173 e. The van der Waals surface area contributed by atoms with Gasteiger partial charge in [-0.1, -0.05) is 42.5 Å². The molecule has 0 spiro atoms. The van der Waals surface area contributed by atoms with Crippen molar-refractivity contribution in [3.8, 4) is 0 Å². The van der Waals surface area contributed by atoms with Crippen molar-refractivity contribution in [2.75, 3.05) is 12.4 Å². The highest BCUT2D eigenvalue weighted by Crippen LogP contribution is 2.13. The van der Waals surface area contributed by atoms with E-state index in [1.165, 1.54) is 6.07 Å². The van der Waals surface area contributed by atoms with Gasteiger partial charge in [0.25, 0.3) is 0 Å². The van der Waals surface area contributed by atoms with Gasteiger partial charge in [-0.2, -0.15) is 0 Å². The largest absolute Gasteiger partial charge is 0.348 e. The highest BCUT2D eigenvalue weighted by atomic mass is 32.1. The molecule has 2 nitrogen and oxygen atoms in total. The molecule has 0 fully saturated rings. The lowest BCUT2D eigenvalue weighted by Gasteiger charge is -2.21. The molecule has 2 aromatic carbocycles. The van der Waals surface area contributed by atoms with Crippen LogP contribution in [0.25, 0.3) is 0 Å². The molecule has 0 saturated heterocycles. The Labute approximate surface area is 117 Å². The van der Waals surface area contributed by atoms with Crippen LogP contribution in [-0.4, -0.2) is 17.1 Å². The maximum atomic E-state index is 13.5. The molecule has 19 heavy (non-hydrogen) atoms. The second-order valence-electron chi connectivity index (χ2n) is 4.25. The fraction of sp³-hybridized carbons (Fsp3) is 0.133. The fourth-order valence-electron chi connectivity index (χ4n) is 1.70. The van der Waals surface area contributed by atoms with Crippen LogP contribution >= 0.6 is 12.2 Å². The Morgan fingerprint density at radius 3 is 2.42 bits per heavy atom. The molecule has 0 atom stereocenters. The van der Waals surface area contributed by atoms with Crippen LogP contribution in [0.5, 0.6) is 0 Å². The van der Waals surface area contributed by atoms with Crippen LogP contribution < -0.4 is 5.32 Å². The van der Waals surface area contributed by atoms with Gasteiger partial charge < -0.3 is 10.2 Å². The molecule has 0 bridgehead atoms. The van der Waals surface area contributed by atoms with Crippen molar-refractivity contribution in [1.82, 2.24) is 4.90 Å².